The van der Waals surface area contributed by atoms with Gasteiger partial charge in [0.15, 0.2) is 0 Å². The third-order valence-electron chi connectivity index (χ3n) is 3.06. The predicted molar refractivity (Wildman–Crippen MR) is 49.6 cm³/mol. The van der Waals surface area contributed by atoms with Gasteiger partial charge in [-0.2, -0.15) is 0 Å². The third-order valence-corrected chi connectivity index (χ3v) is 3.06. The standard InChI is InChI=1S/C10H21N/c1-8-7-10(2,3)6-5-9(8)11-4/h8-9,11H,5-7H2,1-4H3. The zero-order valence-corrected chi connectivity index (χ0v) is 8.28. The summed E-state index contributed by atoms with van der Waals surface area (Å²) in [6, 6.07) is 0.767. The summed E-state index contributed by atoms with van der Waals surface area (Å²) in [6.07, 6.45) is 4.10. The molecule has 1 rings (SSSR count). The van der Waals surface area contributed by atoms with Gasteiger partial charge in [0, 0.05) is 6.04 Å². The van der Waals surface area contributed by atoms with Gasteiger partial charge in [0.05, 0.1) is 0 Å². The van der Waals surface area contributed by atoms with Crippen molar-refractivity contribution >= 4 is 0 Å². The summed E-state index contributed by atoms with van der Waals surface area (Å²) in [5.41, 5.74) is 0.590. The average molecular weight is 155 g/mol. The van der Waals surface area contributed by atoms with E-state index in [9.17, 15) is 0 Å². The Balaban J connectivity index is 2.48. The average Bonchev–Trinajstić information content (AvgIpc) is 1.86. The van der Waals surface area contributed by atoms with Gasteiger partial charge in [-0.25, -0.2) is 0 Å². The van der Waals surface area contributed by atoms with Crippen LogP contribution in [0.25, 0.3) is 0 Å². The molecule has 1 nitrogen and oxygen atoms in total. The molecule has 0 aromatic carbocycles. The molecule has 0 saturated heterocycles. The summed E-state index contributed by atoms with van der Waals surface area (Å²) >= 11 is 0. The fourth-order valence-corrected chi connectivity index (χ4v) is 2.38. The molecule has 66 valence electrons. The van der Waals surface area contributed by atoms with Crippen LogP contribution in [0.5, 0.6) is 0 Å². The molecular formula is C10H21N. The fourth-order valence-electron chi connectivity index (χ4n) is 2.38. The maximum atomic E-state index is 3.39. The maximum Gasteiger partial charge on any atom is 0.00900 e. The summed E-state index contributed by atoms with van der Waals surface area (Å²) in [4.78, 5) is 0. The summed E-state index contributed by atoms with van der Waals surface area (Å²) < 4.78 is 0. The number of rotatable bonds is 1. The first-order valence-corrected chi connectivity index (χ1v) is 4.72. The summed E-state index contributed by atoms with van der Waals surface area (Å²) in [5.74, 6) is 0.851. The Labute approximate surface area is 70.6 Å². The van der Waals surface area contributed by atoms with E-state index in [1.54, 1.807) is 0 Å². The van der Waals surface area contributed by atoms with Crippen molar-refractivity contribution in [2.24, 2.45) is 11.3 Å². The molecule has 2 atom stereocenters. The molecule has 1 N–H and O–H groups in total. The molecule has 0 aromatic rings. The number of hydrogen-bond donors (Lipinski definition) is 1. The molecule has 1 heteroatoms. The minimum Gasteiger partial charge on any atom is -0.317 e. The van der Waals surface area contributed by atoms with E-state index >= 15 is 0 Å². The second kappa shape index (κ2) is 3.14. The van der Waals surface area contributed by atoms with Gasteiger partial charge < -0.3 is 5.32 Å². The maximum absolute atomic E-state index is 3.39. The van der Waals surface area contributed by atoms with Gasteiger partial charge in [-0.1, -0.05) is 20.8 Å². The van der Waals surface area contributed by atoms with Crippen molar-refractivity contribution in [1.82, 2.24) is 5.32 Å². The van der Waals surface area contributed by atoms with Crippen molar-refractivity contribution in [2.45, 2.75) is 46.1 Å². The Morgan fingerprint density at radius 3 is 2.45 bits per heavy atom. The van der Waals surface area contributed by atoms with E-state index in [4.69, 9.17) is 0 Å². The molecule has 0 aliphatic heterocycles. The molecule has 0 heterocycles. The van der Waals surface area contributed by atoms with Crippen LogP contribution in [0, 0.1) is 11.3 Å². The molecule has 1 aliphatic rings. The van der Waals surface area contributed by atoms with Crippen LogP contribution in [0.15, 0.2) is 0 Å². The highest BCUT2D eigenvalue weighted by atomic mass is 14.9. The molecule has 0 aromatic heterocycles. The highest BCUT2D eigenvalue weighted by molar-refractivity contribution is 4.85. The minimum absolute atomic E-state index is 0.590. The van der Waals surface area contributed by atoms with Crippen LogP contribution in [-0.4, -0.2) is 13.1 Å². The Hall–Kier alpha value is -0.0400. The molecule has 1 aliphatic carbocycles. The highest BCUT2D eigenvalue weighted by Crippen LogP contribution is 2.38. The Bertz CT molecular complexity index is 129. The Morgan fingerprint density at radius 1 is 1.36 bits per heavy atom. The minimum atomic E-state index is 0.590. The van der Waals surface area contributed by atoms with Crippen LogP contribution in [-0.2, 0) is 0 Å². The number of hydrogen-bond acceptors (Lipinski definition) is 1. The normalized spacial score (nSPS) is 37.1. The molecule has 0 bridgehead atoms. The zero-order valence-electron chi connectivity index (χ0n) is 8.28. The van der Waals surface area contributed by atoms with E-state index in [1.807, 2.05) is 0 Å². The fraction of sp³-hybridized carbons (Fsp3) is 1.00. The van der Waals surface area contributed by atoms with E-state index in [0.717, 1.165) is 12.0 Å². The molecule has 0 spiro atoms. The van der Waals surface area contributed by atoms with Crippen molar-refractivity contribution in [1.29, 1.82) is 0 Å². The predicted octanol–water partition coefficient (Wildman–Crippen LogP) is 2.42. The van der Waals surface area contributed by atoms with Gasteiger partial charge in [-0.3, -0.25) is 0 Å². The molecule has 0 amide bonds. The van der Waals surface area contributed by atoms with Gasteiger partial charge in [0.25, 0.3) is 0 Å². The zero-order chi connectivity index (χ0) is 8.48. The smallest absolute Gasteiger partial charge is 0.00900 e. The molecular weight excluding hydrogens is 134 g/mol. The van der Waals surface area contributed by atoms with Crippen LogP contribution in [0.4, 0.5) is 0 Å². The highest BCUT2D eigenvalue weighted by Gasteiger charge is 2.31. The largest absolute Gasteiger partial charge is 0.317 e. The van der Waals surface area contributed by atoms with E-state index < -0.39 is 0 Å². The molecule has 11 heavy (non-hydrogen) atoms. The first-order valence-electron chi connectivity index (χ1n) is 4.72. The Kier molecular flexibility index (Phi) is 2.58. The SMILES string of the molecule is CNC1CCC(C)(C)CC1C. The summed E-state index contributed by atoms with van der Waals surface area (Å²) in [6.45, 7) is 7.13. The third kappa shape index (κ3) is 2.19. The lowest BCUT2D eigenvalue weighted by atomic mass is 9.70. The van der Waals surface area contributed by atoms with E-state index in [1.165, 1.54) is 19.3 Å². The van der Waals surface area contributed by atoms with Gasteiger partial charge in [-0.15, -0.1) is 0 Å². The van der Waals surface area contributed by atoms with Crippen molar-refractivity contribution in [2.75, 3.05) is 7.05 Å². The van der Waals surface area contributed by atoms with E-state index in [2.05, 4.69) is 33.1 Å². The van der Waals surface area contributed by atoms with Crippen molar-refractivity contribution in [3.05, 3.63) is 0 Å². The van der Waals surface area contributed by atoms with Gasteiger partial charge in [0.1, 0.15) is 0 Å². The summed E-state index contributed by atoms with van der Waals surface area (Å²) in [5, 5.41) is 3.39. The quantitative estimate of drug-likeness (QED) is 0.613. The van der Waals surface area contributed by atoms with Crippen molar-refractivity contribution in [3.63, 3.8) is 0 Å². The van der Waals surface area contributed by atoms with Crippen LogP contribution in [0.3, 0.4) is 0 Å². The van der Waals surface area contributed by atoms with Gasteiger partial charge >= 0.3 is 0 Å². The lowest BCUT2D eigenvalue weighted by Crippen LogP contribution is -2.39. The lowest BCUT2D eigenvalue weighted by Gasteiger charge is -2.39. The van der Waals surface area contributed by atoms with E-state index in [0.29, 0.717) is 5.41 Å². The van der Waals surface area contributed by atoms with Gasteiger partial charge in [-0.05, 0) is 37.6 Å². The van der Waals surface area contributed by atoms with Gasteiger partial charge in [0.2, 0.25) is 0 Å². The molecule has 0 radical (unpaired) electrons. The molecule has 1 saturated carbocycles. The first-order chi connectivity index (χ1) is 5.05. The van der Waals surface area contributed by atoms with Crippen LogP contribution in [0.1, 0.15) is 40.0 Å². The van der Waals surface area contributed by atoms with Crippen LogP contribution < -0.4 is 5.32 Å². The Morgan fingerprint density at radius 2 is 2.00 bits per heavy atom. The first kappa shape index (κ1) is 9.05. The second-order valence-electron chi connectivity index (χ2n) is 4.78. The van der Waals surface area contributed by atoms with Crippen LogP contribution >= 0.6 is 0 Å². The van der Waals surface area contributed by atoms with Crippen LogP contribution in [0.2, 0.25) is 0 Å². The van der Waals surface area contributed by atoms with Crippen molar-refractivity contribution in [3.8, 4) is 0 Å². The van der Waals surface area contributed by atoms with Crippen molar-refractivity contribution < 1.29 is 0 Å². The monoisotopic (exact) mass is 155 g/mol. The topological polar surface area (TPSA) is 12.0 Å². The molecule has 2 unspecified atom stereocenters. The summed E-state index contributed by atoms with van der Waals surface area (Å²) in [7, 11) is 2.08. The lowest BCUT2D eigenvalue weighted by molar-refractivity contribution is 0.154. The second-order valence-corrected chi connectivity index (χ2v) is 4.78. The number of nitrogens with one attached hydrogen (secondary N) is 1. The molecule has 1 fully saturated rings. The van der Waals surface area contributed by atoms with E-state index in [-0.39, 0.29) is 0 Å².